The van der Waals surface area contributed by atoms with Crippen LogP contribution in [0.3, 0.4) is 0 Å². The number of ether oxygens (including phenoxy) is 1. The van der Waals surface area contributed by atoms with Gasteiger partial charge in [-0.15, -0.1) is 5.10 Å². The summed E-state index contributed by atoms with van der Waals surface area (Å²) in [6, 6.07) is 4.21. The number of fused-ring (bicyclic) bond motifs is 1. The lowest BCUT2D eigenvalue weighted by Crippen LogP contribution is -2.33. The molecule has 6 heteroatoms. The van der Waals surface area contributed by atoms with Gasteiger partial charge in [0.25, 0.3) is 0 Å². The van der Waals surface area contributed by atoms with Gasteiger partial charge in [0.05, 0.1) is 12.1 Å². The molecule has 0 saturated carbocycles. The monoisotopic (exact) mass is 247 g/mol. The number of aromatic nitrogens is 3. The molecule has 2 aromatic rings. The Balaban J connectivity index is 1.84. The van der Waals surface area contributed by atoms with Gasteiger partial charge in [0.2, 0.25) is 5.95 Å². The van der Waals surface area contributed by atoms with E-state index in [-0.39, 0.29) is 12.1 Å². The number of aryl methyl sites for hydroxylation is 1. The number of methoxy groups -OCH3 is 1. The van der Waals surface area contributed by atoms with Crippen LogP contribution in [0, 0.1) is 6.92 Å². The summed E-state index contributed by atoms with van der Waals surface area (Å²) in [6.07, 6.45) is 2.07. The van der Waals surface area contributed by atoms with Crippen molar-refractivity contribution in [3.05, 3.63) is 23.9 Å². The number of anilines is 1. The zero-order valence-corrected chi connectivity index (χ0v) is 10.6. The number of nitrogens with zero attached hydrogens (tertiary/aromatic N) is 3. The molecular weight excluding hydrogens is 230 g/mol. The van der Waals surface area contributed by atoms with E-state index in [1.165, 1.54) is 0 Å². The summed E-state index contributed by atoms with van der Waals surface area (Å²) in [5, 5.41) is 11.0. The quantitative estimate of drug-likeness (QED) is 0.824. The normalized spacial score (nSPS) is 23.7. The Hall–Kier alpha value is -1.66. The van der Waals surface area contributed by atoms with Crippen molar-refractivity contribution in [3.8, 4) is 0 Å². The minimum Gasteiger partial charge on any atom is -0.378 e. The molecular formula is C12H17N5O. The SMILES string of the molecule is CO[C@H]1CNCC1Nc1nc2c(C)cccn2n1. The van der Waals surface area contributed by atoms with Crippen LogP contribution in [-0.4, -0.2) is 46.9 Å². The van der Waals surface area contributed by atoms with E-state index in [0.29, 0.717) is 5.95 Å². The first kappa shape index (κ1) is 11.4. The third-order valence-corrected chi connectivity index (χ3v) is 3.33. The van der Waals surface area contributed by atoms with Crippen molar-refractivity contribution in [2.45, 2.75) is 19.1 Å². The predicted octanol–water partition coefficient (Wildman–Crippen LogP) is 0.436. The van der Waals surface area contributed by atoms with Crippen LogP contribution in [0.25, 0.3) is 5.65 Å². The van der Waals surface area contributed by atoms with Gasteiger partial charge in [-0.1, -0.05) is 6.07 Å². The van der Waals surface area contributed by atoms with Gasteiger partial charge in [-0.05, 0) is 18.6 Å². The molecule has 0 spiro atoms. The van der Waals surface area contributed by atoms with Crippen LogP contribution in [0.1, 0.15) is 5.56 Å². The smallest absolute Gasteiger partial charge is 0.243 e. The second-order valence-corrected chi connectivity index (χ2v) is 4.58. The first-order valence-electron chi connectivity index (χ1n) is 6.10. The van der Waals surface area contributed by atoms with E-state index in [1.807, 2.05) is 25.3 Å². The fourth-order valence-corrected chi connectivity index (χ4v) is 2.31. The van der Waals surface area contributed by atoms with Gasteiger partial charge in [-0.25, -0.2) is 4.52 Å². The number of pyridine rings is 1. The lowest BCUT2D eigenvalue weighted by Gasteiger charge is -2.17. The average Bonchev–Trinajstić information content (AvgIpc) is 2.96. The average molecular weight is 247 g/mol. The van der Waals surface area contributed by atoms with Crippen LogP contribution < -0.4 is 10.6 Å². The van der Waals surface area contributed by atoms with Crippen LogP contribution in [-0.2, 0) is 4.74 Å². The molecule has 1 unspecified atom stereocenters. The summed E-state index contributed by atoms with van der Waals surface area (Å²) in [7, 11) is 1.73. The Morgan fingerprint density at radius 1 is 1.50 bits per heavy atom. The standard InChI is InChI=1S/C12H17N5O/c1-8-4-3-5-17-11(8)15-12(16-17)14-9-6-13-7-10(9)18-2/h3-5,9-10,13H,6-7H2,1-2H3,(H,14,16)/t9?,10-/m0/s1. The van der Waals surface area contributed by atoms with Crippen LogP contribution in [0.4, 0.5) is 5.95 Å². The molecule has 0 amide bonds. The van der Waals surface area contributed by atoms with E-state index in [9.17, 15) is 0 Å². The van der Waals surface area contributed by atoms with Crippen LogP contribution in [0.5, 0.6) is 0 Å². The molecule has 0 aliphatic carbocycles. The van der Waals surface area contributed by atoms with Gasteiger partial charge in [-0.3, -0.25) is 0 Å². The van der Waals surface area contributed by atoms with E-state index < -0.39 is 0 Å². The molecule has 6 nitrogen and oxygen atoms in total. The van der Waals surface area contributed by atoms with Crippen molar-refractivity contribution in [1.82, 2.24) is 19.9 Å². The zero-order chi connectivity index (χ0) is 12.5. The molecule has 18 heavy (non-hydrogen) atoms. The van der Waals surface area contributed by atoms with Crippen LogP contribution in [0.15, 0.2) is 18.3 Å². The lowest BCUT2D eigenvalue weighted by atomic mass is 10.2. The Labute approximate surface area is 105 Å². The van der Waals surface area contributed by atoms with E-state index in [1.54, 1.807) is 11.6 Å². The number of hydrogen-bond donors (Lipinski definition) is 2. The largest absolute Gasteiger partial charge is 0.378 e. The summed E-state index contributed by atoms with van der Waals surface area (Å²) in [4.78, 5) is 4.50. The van der Waals surface area contributed by atoms with Crippen molar-refractivity contribution in [2.24, 2.45) is 0 Å². The minimum atomic E-state index is 0.165. The maximum atomic E-state index is 5.41. The van der Waals surface area contributed by atoms with Crippen LogP contribution >= 0.6 is 0 Å². The molecule has 3 heterocycles. The topological polar surface area (TPSA) is 63.5 Å². The fourth-order valence-electron chi connectivity index (χ4n) is 2.31. The van der Waals surface area contributed by atoms with Crippen molar-refractivity contribution in [1.29, 1.82) is 0 Å². The summed E-state index contributed by atoms with van der Waals surface area (Å²) >= 11 is 0. The molecule has 1 fully saturated rings. The summed E-state index contributed by atoms with van der Waals surface area (Å²) in [5.74, 6) is 0.653. The third-order valence-electron chi connectivity index (χ3n) is 3.33. The van der Waals surface area contributed by atoms with Crippen molar-refractivity contribution >= 4 is 11.6 Å². The number of nitrogens with one attached hydrogen (secondary N) is 2. The Morgan fingerprint density at radius 2 is 2.39 bits per heavy atom. The van der Waals surface area contributed by atoms with Crippen molar-refractivity contribution < 1.29 is 4.74 Å². The summed E-state index contributed by atoms with van der Waals surface area (Å²) in [6.45, 7) is 3.76. The van der Waals surface area contributed by atoms with E-state index in [4.69, 9.17) is 4.74 Å². The van der Waals surface area contributed by atoms with Gasteiger partial charge >= 0.3 is 0 Å². The molecule has 0 aromatic carbocycles. The van der Waals surface area contributed by atoms with E-state index in [2.05, 4.69) is 20.7 Å². The molecule has 3 rings (SSSR count). The van der Waals surface area contributed by atoms with Crippen molar-refractivity contribution in [3.63, 3.8) is 0 Å². The molecule has 1 aliphatic heterocycles. The maximum absolute atomic E-state index is 5.41. The molecule has 1 aliphatic rings. The lowest BCUT2D eigenvalue weighted by molar-refractivity contribution is 0.111. The second-order valence-electron chi connectivity index (χ2n) is 4.58. The molecule has 96 valence electrons. The highest BCUT2D eigenvalue weighted by Crippen LogP contribution is 2.13. The molecule has 2 atom stereocenters. The summed E-state index contributed by atoms with van der Waals surface area (Å²) < 4.78 is 7.20. The number of rotatable bonds is 3. The molecule has 2 N–H and O–H groups in total. The fraction of sp³-hybridized carbons (Fsp3) is 0.500. The Morgan fingerprint density at radius 3 is 3.17 bits per heavy atom. The van der Waals surface area contributed by atoms with Gasteiger partial charge in [-0.2, -0.15) is 4.98 Å². The van der Waals surface area contributed by atoms with Gasteiger partial charge in [0.15, 0.2) is 5.65 Å². The summed E-state index contributed by atoms with van der Waals surface area (Å²) in [5.41, 5.74) is 2.01. The third kappa shape index (κ3) is 1.93. The predicted molar refractivity (Wildman–Crippen MR) is 68.8 cm³/mol. The highest BCUT2D eigenvalue weighted by molar-refractivity contribution is 5.50. The highest BCUT2D eigenvalue weighted by atomic mass is 16.5. The second kappa shape index (κ2) is 4.55. The minimum absolute atomic E-state index is 0.165. The Kier molecular flexibility index (Phi) is 2.89. The zero-order valence-electron chi connectivity index (χ0n) is 10.6. The molecule has 1 saturated heterocycles. The Bertz CT molecular complexity index is 552. The van der Waals surface area contributed by atoms with Crippen LogP contribution in [0.2, 0.25) is 0 Å². The van der Waals surface area contributed by atoms with E-state index in [0.717, 1.165) is 24.3 Å². The molecule has 0 radical (unpaired) electrons. The van der Waals surface area contributed by atoms with Crippen molar-refractivity contribution in [2.75, 3.05) is 25.5 Å². The molecule has 0 bridgehead atoms. The van der Waals surface area contributed by atoms with E-state index >= 15 is 0 Å². The van der Waals surface area contributed by atoms with Gasteiger partial charge < -0.3 is 15.4 Å². The van der Waals surface area contributed by atoms with Gasteiger partial charge in [0.1, 0.15) is 0 Å². The van der Waals surface area contributed by atoms with Gasteiger partial charge in [0, 0.05) is 26.4 Å². The highest BCUT2D eigenvalue weighted by Gasteiger charge is 2.27. The number of hydrogen-bond acceptors (Lipinski definition) is 5. The first-order chi connectivity index (χ1) is 8.78. The molecule has 2 aromatic heterocycles. The maximum Gasteiger partial charge on any atom is 0.243 e. The first-order valence-corrected chi connectivity index (χ1v) is 6.10.